The molecular weight excluding hydrogens is 452 g/mol. The highest BCUT2D eigenvalue weighted by Crippen LogP contribution is 2.31. The molecule has 174 valence electrons. The number of carbonyl (C=O) groups excluding carboxylic acids is 1. The second kappa shape index (κ2) is 9.93. The van der Waals surface area contributed by atoms with E-state index in [0.29, 0.717) is 32.1 Å². The van der Waals surface area contributed by atoms with Gasteiger partial charge >= 0.3 is 5.97 Å². The molecule has 1 aromatic heterocycles. The molecular formula is C26H24N2O5S. The molecule has 4 rings (SSSR count). The summed E-state index contributed by atoms with van der Waals surface area (Å²) in [4.78, 5) is 31.7. The fourth-order valence-corrected chi connectivity index (χ4v) is 4.89. The van der Waals surface area contributed by atoms with Crippen LogP contribution in [0.2, 0.25) is 0 Å². The van der Waals surface area contributed by atoms with Gasteiger partial charge in [-0.05, 0) is 36.3 Å². The van der Waals surface area contributed by atoms with E-state index >= 15 is 0 Å². The van der Waals surface area contributed by atoms with Gasteiger partial charge in [-0.25, -0.2) is 9.79 Å². The minimum Gasteiger partial charge on any atom is -0.493 e. The van der Waals surface area contributed by atoms with E-state index in [1.165, 1.54) is 17.4 Å². The zero-order valence-corrected chi connectivity index (χ0v) is 19.9. The second-order valence-corrected chi connectivity index (χ2v) is 8.50. The summed E-state index contributed by atoms with van der Waals surface area (Å²) in [5.74, 6) is 0.641. The van der Waals surface area contributed by atoms with Gasteiger partial charge in [-0.3, -0.25) is 9.36 Å². The Morgan fingerprint density at radius 2 is 1.88 bits per heavy atom. The van der Waals surface area contributed by atoms with Crippen molar-refractivity contribution in [1.29, 1.82) is 0 Å². The van der Waals surface area contributed by atoms with Crippen molar-refractivity contribution in [3.05, 3.63) is 103 Å². The number of allylic oxidation sites excluding steroid dienone is 1. The molecule has 1 aliphatic heterocycles. The number of carbonyl (C=O) groups is 1. The highest BCUT2D eigenvalue weighted by atomic mass is 32.1. The summed E-state index contributed by atoms with van der Waals surface area (Å²) < 4.78 is 18.1. The van der Waals surface area contributed by atoms with E-state index in [2.05, 4.69) is 11.6 Å². The molecule has 0 spiro atoms. The summed E-state index contributed by atoms with van der Waals surface area (Å²) in [5, 5.41) is 0. The average molecular weight is 477 g/mol. The van der Waals surface area contributed by atoms with E-state index in [4.69, 9.17) is 14.2 Å². The van der Waals surface area contributed by atoms with Crippen molar-refractivity contribution < 1.29 is 19.0 Å². The second-order valence-electron chi connectivity index (χ2n) is 7.49. The molecule has 2 aromatic carbocycles. The molecule has 34 heavy (non-hydrogen) atoms. The van der Waals surface area contributed by atoms with Crippen molar-refractivity contribution in [3.8, 4) is 11.5 Å². The largest absolute Gasteiger partial charge is 0.493 e. The minimum atomic E-state index is -0.651. The molecule has 0 saturated heterocycles. The zero-order chi connectivity index (χ0) is 24.2. The Balaban J connectivity index is 1.90. The Morgan fingerprint density at radius 3 is 2.56 bits per heavy atom. The molecule has 0 saturated carbocycles. The lowest BCUT2D eigenvalue weighted by Gasteiger charge is -2.24. The molecule has 3 aromatic rings. The van der Waals surface area contributed by atoms with Crippen LogP contribution in [0.3, 0.4) is 0 Å². The first kappa shape index (κ1) is 23.3. The maximum atomic E-state index is 13.6. The number of esters is 1. The first-order valence-electron chi connectivity index (χ1n) is 10.6. The number of fused-ring (bicyclic) bond motifs is 1. The summed E-state index contributed by atoms with van der Waals surface area (Å²) in [6, 6.07) is 14.2. The van der Waals surface area contributed by atoms with Crippen LogP contribution in [0.4, 0.5) is 0 Å². The SMILES string of the molecule is C=CCOC(=O)C1=C(C)N=c2s/c(=C\c3ccc(OC)c(OC)c3)c(=O)n2C1c1ccccc1. The zero-order valence-electron chi connectivity index (χ0n) is 19.1. The van der Waals surface area contributed by atoms with Crippen molar-refractivity contribution in [2.75, 3.05) is 20.8 Å². The Bertz CT molecular complexity index is 1450. The van der Waals surface area contributed by atoms with Crippen LogP contribution in [0.15, 0.2) is 82.2 Å². The summed E-state index contributed by atoms with van der Waals surface area (Å²) in [6.45, 7) is 5.43. The summed E-state index contributed by atoms with van der Waals surface area (Å²) in [6.07, 6.45) is 3.28. The monoisotopic (exact) mass is 476 g/mol. The number of ether oxygens (including phenoxy) is 3. The van der Waals surface area contributed by atoms with Crippen LogP contribution >= 0.6 is 11.3 Å². The topological polar surface area (TPSA) is 79.1 Å². The van der Waals surface area contributed by atoms with Gasteiger partial charge in [0.1, 0.15) is 6.61 Å². The average Bonchev–Trinajstić information content (AvgIpc) is 3.16. The van der Waals surface area contributed by atoms with E-state index in [0.717, 1.165) is 11.1 Å². The lowest BCUT2D eigenvalue weighted by atomic mass is 9.96. The minimum absolute atomic E-state index is 0.0703. The van der Waals surface area contributed by atoms with Gasteiger partial charge < -0.3 is 14.2 Å². The van der Waals surface area contributed by atoms with Crippen molar-refractivity contribution in [1.82, 2.24) is 4.57 Å². The molecule has 0 aliphatic carbocycles. The number of aromatic nitrogens is 1. The lowest BCUT2D eigenvalue weighted by Crippen LogP contribution is -2.39. The van der Waals surface area contributed by atoms with E-state index in [1.54, 1.807) is 43.9 Å². The number of nitrogens with zero attached hydrogens (tertiary/aromatic N) is 2. The Morgan fingerprint density at radius 1 is 1.15 bits per heavy atom. The number of benzene rings is 2. The maximum Gasteiger partial charge on any atom is 0.338 e. The van der Waals surface area contributed by atoms with E-state index in [1.807, 2.05) is 36.4 Å². The van der Waals surface area contributed by atoms with Crippen LogP contribution in [0, 0.1) is 0 Å². The molecule has 2 heterocycles. The number of methoxy groups -OCH3 is 2. The molecule has 7 nitrogen and oxygen atoms in total. The van der Waals surface area contributed by atoms with Gasteiger partial charge in [-0.2, -0.15) is 0 Å². The predicted octanol–water partition coefficient (Wildman–Crippen LogP) is 2.98. The highest BCUT2D eigenvalue weighted by Gasteiger charge is 2.33. The summed E-state index contributed by atoms with van der Waals surface area (Å²) in [5.41, 5.74) is 2.18. The van der Waals surface area contributed by atoms with Crippen molar-refractivity contribution in [3.63, 3.8) is 0 Å². The number of hydrogen-bond acceptors (Lipinski definition) is 7. The van der Waals surface area contributed by atoms with Gasteiger partial charge in [0.15, 0.2) is 16.3 Å². The molecule has 8 heteroatoms. The normalized spacial score (nSPS) is 15.4. The van der Waals surface area contributed by atoms with E-state index in [-0.39, 0.29) is 12.2 Å². The van der Waals surface area contributed by atoms with E-state index in [9.17, 15) is 9.59 Å². The molecule has 0 fully saturated rings. The molecule has 0 bridgehead atoms. The fourth-order valence-electron chi connectivity index (χ4n) is 3.84. The summed E-state index contributed by atoms with van der Waals surface area (Å²) in [7, 11) is 3.13. The van der Waals surface area contributed by atoms with Crippen molar-refractivity contribution in [2.24, 2.45) is 4.99 Å². The first-order valence-corrected chi connectivity index (χ1v) is 11.4. The van der Waals surface area contributed by atoms with Gasteiger partial charge in [-0.15, -0.1) is 0 Å². The Kier molecular flexibility index (Phi) is 6.79. The Labute approximate surface area is 200 Å². The van der Waals surface area contributed by atoms with Crippen LogP contribution in [0.25, 0.3) is 6.08 Å². The molecule has 0 radical (unpaired) electrons. The fraction of sp³-hybridized carbons (Fsp3) is 0.192. The predicted molar refractivity (Wildman–Crippen MR) is 131 cm³/mol. The third kappa shape index (κ3) is 4.32. The standard InChI is InChI=1S/C26H24N2O5S/c1-5-13-33-25(30)22-16(2)27-26-28(23(22)18-9-7-6-8-10-18)24(29)21(34-26)15-17-11-12-19(31-3)20(14-17)32-4/h5-12,14-15,23H,1,13H2,2-4H3/b21-15-. The summed E-state index contributed by atoms with van der Waals surface area (Å²) >= 11 is 1.27. The van der Waals surface area contributed by atoms with Crippen LogP contribution in [0.5, 0.6) is 11.5 Å². The quantitative estimate of drug-likeness (QED) is 0.387. The van der Waals surface area contributed by atoms with Crippen LogP contribution < -0.4 is 24.4 Å². The Hall–Kier alpha value is -3.91. The molecule has 1 aliphatic rings. The lowest BCUT2D eigenvalue weighted by molar-refractivity contribution is -0.138. The van der Waals surface area contributed by atoms with Crippen molar-refractivity contribution >= 4 is 23.4 Å². The van der Waals surface area contributed by atoms with Gasteiger partial charge in [0, 0.05) is 0 Å². The van der Waals surface area contributed by atoms with Gasteiger partial charge in [0.25, 0.3) is 5.56 Å². The van der Waals surface area contributed by atoms with Gasteiger partial charge in [0.05, 0.1) is 36.1 Å². The molecule has 0 amide bonds. The molecule has 1 atom stereocenters. The highest BCUT2D eigenvalue weighted by molar-refractivity contribution is 7.07. The van der Waals surface area contributed by atoms with Gasteiger partial charge in [-0.1, -0.05) is 60.4 Å². The van der Waals surface area contributed by atoms with Crippen molar-refractivity contribution in [2.45, 2.75) is 13.0 Å². The van der Waals surface area contributed by atoms with Crippen LogP contribution in [-0.2, 0) is 9.53 Å². The maximum absolute atomic E-state index is 13.6. The smallest absolute Gasteiger partial charge is 0.338 e. The molecule has 1 unspecified atom stereocenters. The number of thiazole rings is 1. The number of hydrogen-bond donors (Lipinski definition) is 0. The third-order valence-electron chi connectivity index (χ3n) is 5.39. The van der Waals surface area contributed by atoms with E-state index < -0.39 is 12.0 Å². The van der Waals surface area contributed by atoms with Gasteiger partial charge in [0.2, 0.25) is 0 Å². The van der Waals surface area contributed by atoms with Crippen LogP contribution in [-0.4, -0.2) is 31.4 Å². The first-order chi connectivity index (χ1) is 16.5. The van der Waals surface area contributed by atoms with Crippen LogP contribution in [0.1, 0.15) is 24.1 Å². The third-order valence-corrected chi connectivity index (χ3v) is 6.38. The molecule has 0 N–H and O–H groups in total. The number of rotatable bonds is 7.